The molecule has 1 aliphatic heterocycles. The molecule has 0 aromatic heterocycles. The van der Waals surface area contributed by atoms with Crippen LogP contribution in [0.25, 0.3) is 0 Å². The van der Waals surface area contributed by atoms with Gasteiger partial charge in [0.15, 0.2) is 0 Å². The van der Waals surface area contributed by atoms with Gasteiger partial charge in [0.1, 0.15) is 23.0 Å². The minimum Gasteiger partial charge on any atom is -0.497 e. The summed E-state index contributed by atoms with van der Waals surface area (Å²) in [6.45, 7) is 0.921. The summed E-state index contributed by atoms with van der Waals surface area (Å²) in [5.74, 6) is 1.13. The van der Waals surface area contributed by atoms with Crippen molar-refractivity contribution in [2.24, 2.45) is 0 Å². The van der Waals surface area contributed by atoms with Gasteiger partial charge in [0.2, 0.25) is 10.0 Å². The molecule has 1 aliphatic rings. The Balaban J connectivity index is 1.91. The highest BCUT2D eigenvalue weighted by atomic mass is 79.9. The second-order valence-electron chi connectivity index (χ2n) is 5.13. The molecule has 5 nitrogen and oxygen atoms in total. The van der Waals surface area contributed by atoms with Gasteiger partial charge in [-0.1, -0.05) is 28.1 Å². The summed E-state index contributed by atoms with van der Waals surface area (Å²) >= 11 is 3.34. The first kappa shape index (κ1) is 16.3. The molecule has 122 valence electrons. The quantitative estimate of drug-likeness (QED) is 0.798. The van der Waals surface area contributed by atoms with E-state index in [0.29, 0.717) is 25.4 Å². The van der Waals surface area contributed by atoms with E-state index in [-0.39, 0.29) is 4.90 Å². The van der Waals surface area contributed by atoms with Crippen molar-refractivity contribution in [2.75, 3.05) is 20.3 Å². The van der Waals surface area contributed by atoms with Crippen LogP contribution in [0.15, 0.2) is 51.8 Å². The first-order valence-electron chi connectivity index (χ1n) is 7.06. The van der Waals surface area contributed by atoms with Crippen LogP contribution in [0.1, 0.15) is 5.56 Å². The van der Waals surface area contributed by atoms with Crippen molar-refractivity contribution in [1.82, 2.24) is 4.31 Å². The number of halogens is 1. The van der Waals surface area contributed by atoms with Crippen LogP contribution in [0.3, 0.4) is 0 Å². The van der Waals surface area contributed by atoms with Crippen LogP contribution in [0.5, 0.6) is 11.5 Å². The molecule has 0 bridgehead atoms. The fourth-order valence-electron chi connectivity index (χ4n) is 2.42. The third-order valence-corrected chi connectivity index (χ3v) is 6.02. The highest BCUT2D eigenvalue weighted by Gasteiger charge is 2.30. The Labute approximate surface area is 144 Å². The third kappa shape index (κ3) is 3.36. The van der Waals surface area contributed by atoms with Crippen LogP contribution < -0.4 is 9.47 Å². The van der Waals surface area contributed by atoms with Gasteiger partial charge in [-0.3, -0.25) is 0 Å². The van der Waals surface area contributed by atoms with E-state index in [0.717, 1.165) is 15.8 Å². The molecule has 23 heavy (non-hydrogen) atoms. The Morgan fingerprint density at radius 2 is 1.96 bits per heavy atom. The molecule has 1 heterocycles. The summed E-state index contributed by atoms with van der Waals surface area (Å²) in [4.78, 5) is 0.201. The fourth-order valence-corrected chi connectivity index (χ4v) is 4.29. The van der Waals surface area contributed by atoms with Gasteiger partial charge in [-0.15, -0.1) is 0 Å². The van der Waals surface area contributed by atoms with E-state index in [1.54, 1.807) is 25.3 Å². The average Bonchev–Trinajstić information content (AvgIpc) is 2.65. The molecule has 0 amide bonds. The lowest BCUT2D eigenvalue weighted by molar-refractivity contribution is 0.278. The van der Waals surface area contributed by atoms with Crippen LogP contribution >= 0.6 is 15.9 Å². The molecule has 7 heteroatoms. The maximum absolute atomic E-state index is 12.9. The summed E-state index contributed by atoms with van der Waals surface area (Å²) in [6, 6.07) is 12.3. The van der Waals surface area contributed by atoms with Gasteiger partial charge in [0, 0.05) is 17.6 Å². The number of hydrogen-bond acceptors (Lipinski definition) is 4. The molecule has 0 aliphatic carbocycles. The fraction of sp³-hybridized carbons (Fsp3) is 0.250. The summed E-state index contributed by atoms with van der Waals surface area (Å²) in [5, 5.41) is 0. The lowest BCUT2D eigenvalue weighted by Gasteiger charge is -2.19. The number of fused-ring (bicyclic) bond motifs is 1. The van der Waals surface area contributed by atoms with Crippen LogP contribution in [0, 0.1) is 0 Å². The van der Waals surface area contributed by atoms with Crippen molar-refractivity contribution in [3.63, 3.8) is 0 Å². The first-order valence-corrected chi connectivity index (χ1v) is 9.29. The van der Waals surface area contributed by atoms with Crippen LogP contribution in [-0.4, -0.2) is 33.0 Å². The number of nitrogens with zero attached hydrogens (tertiary/aromatic N) is 1. The Hall–Kier alpha value is -1.57. The number of sulfonamides is 1. The standard InChI is InChI=1S/C16H16BrNO4S/c1-21-14-5-2-12(3-6-14)11-18-8-9-22-15-10-13(17)4-7-16(15)23(18,19)20/h2-7,10H,8-9,11H2,1H3. The molecule has 0 saturated heterocycles. The topological polar surface area (TPSA) is 55.8 Å². The Morgan fingerprint density at radius 1 is 1.22 bits per heavy atom. The molecule has 0 atom stereocenters. The van der Waals surface area contributed by atoms with Gasteiger partial charge in [-0.2, -0.15) is 4.31 Å². The van der Waals surface area contributed by atoms with Crippen molar-refractivity contribution < 1.29 is 17.9 Å². The predicted octanol–water partition coefficient (Wildman–Crippen LogP) is 3.04. The number of methoxy groups -OCH3 is 1. The van der Waals surface area contributed by atoms with E-state index in [1.807, 2.05) is 24.3 Å². The van der Waals surface area contributed by atoms with Crippen molar-refractivity contribution in [3.8, 4) is 11.5 Å². The number of hydrogen-bond donors (Lipinski definition) is 0. The molecule has 0 N–H and O–H groups in total. The molecular formula is C16H16BrNO4S. The monoisotopic (exact) mass is 397 g/mol. The van der Waals surface area contributed by atoms with E-state index in [2.05, 4.69) is 15.9 Å². The van der Waals surface area contributed by atoms with Gasteiger partial charge >= 0.3 is 0 Å². The van der Waals surface area contributed by atoms with Gasteiger partial charge < -0.3 is 9.47 Å². The molecule has 0 saturated carbocycles. The van der Waals surface area contributed by atoms with Crippen LogP contribution in [-0.2, 0) is 16.6 Å². The number of rotatable bonds is 3. The first-order chi connectivity index (χ1) is 11.0. The molecule has 0 fully saturated rings. The van der Waals surface area contributed by atoms with Crippen LogP contribution in [0.4, 0.5) is 0 Å². The van der Waals surface area contributed by atoms with Gasteiger partial charge in [-0.05, 0) is 35.9 Å². The predicted molar refractivity (Wildman–Crippen MR) is 90.2 cm³/mol. The van der Waals surface area contributed by atoms with Crippen LogP contribution in [0.2, 0.25) is 0 Å². The second kappa shape index (κ2) is 6.51. The van der Waals surface area contributed by atoms with E-state index >= 15 is 0 Å². The average molecular weight is 398 g/mol. The van der Waals surface area contributed by atoms with Crippen molar-refractivity contribution in [1.29, 1.82) is 0 Å². The van der Waals surface area contributed by atoms with Gasteiger partial charge in [0.25, 0.3) is 0 Å². The van der Waals surface area contributed by atoms with E-state index < -0.39 is 10.0 Å². The zero-order valence-corrected chi connectivity index (χ0v) is 14.9. The lowest BCUT2D eigenvalue weighted by atomic mass is 10.2. The summed E-state index contributed by atoms with van der Waals surface area (Å²) < 4.78 is 38.7. The largest absolute Gasteiger partial charge is 0.497 e. The number of benzene rings is 2. The minimum atomic E-state index is -3.59. The highest BCUT2D eigenvalue weighted by molar-refractivity contribution is 9.10. The molecule has 0 radical (unpaired) electrons. The van der Waals surface area contributed by atoms with Gasteiger partial charge in [-0.25, -0.2) is 8.42 Å². The van der Waals surface area contributed by atoms with Crippen molar-refractivity contribution in [3.05, 3.63) is 52.5 Å². The molecule has 2 aromatic carbocycles. The lowest BCUT2D eigenvalue weighted by Crippen LogP contribution is -2.32. The SMILES string of the molecule is COc1ccc(CN2CCOc3cc(Br)ccc3S2(=O)=O)cc1. The van der Waals surface area contributed by atoms with E-state index in [1.165, 1.54) is 4.31 Å². The maximum atomic E-state index is 12.9. The summed E-state index contributed by atoms with van der Waals surface area (Å²) in [5.41, 5.74) is 0.898. The van der Waals surface area contributed by atoms with E-state index in [4.69, 9.17) is 9.47 Å². The molecule has 0 unspecified atom stereocenters. The smallest absolute Gasteiger partial charge is 0.247 e. The molecule has 2 aromatic rings. The third-order valence-electron chi connectivity index (χ3n) is 3.64. The molecule has 0 spiro atoms. The summed E-state index contributed by atoms with van der Waals surface area (Å²) in [6.07, 6.45) is 0. The van der Waals surface area contributed by atoms with Crippen molar-refractivity contribution >= 4 is 26.0 Å². The molecule has 3 rings (SSSR count). The minimum absolute atomic E-state index is 0.201. The van der Waals surface area contributed by atoms with E-state index in [9.17, 15) is 8.42 Å². The zero-order chi connectivity index (χ0) is 16.4. The summed E-state index contributed by atoms with van der Waals surface area (Å²) in [7, 11) is -2.00. The highest BCUT2D eigenvalue weighted by Crippen LogP contribution is 2.32. The Kier molecular flexibility index (Phi) is 4.61. The van der Waals surface area contributed by atoms with Crippen molar-refractivity contribution in [2.45, 2.75) is 11.4 Å². The Bertz CT molecular complexity index is 805. The zero-order valence-electron chi connectivity index (χ0n) is 12.5. The second-order valence-corrected chi connectivity index (χ2v) is 7.95. The Morgan fingerprint density at radius 3 is 2.65 bits per heavy atom. The normalized spacial score (nSPS) is 17.0. The molecular weight excluding hydrogens is 382 g/mol. The van der Waals surface area contributed by atoms with Gasteiger partial charge in [0.05, 0.1) is 7.11 Å². The maximum Gasteiger partial charge on any atom is 0.247 e. The number of ether oxygens (including phenoxy) is 2.